The molecule has 6 heteroatoms. The first-order chi connectivity index (χ1) is 11.1. The highest BCUT2D eigenvalue weighted by Gasteiger charge is 2.27. The average Bonchev–Trinajstić information content (AvgIpc) is 3.03. The third kappa shape index (κ3) is 4.00. The predicted octanol–water partition coefficient (Wildman–Crippen LogP) is 2.75. The van der Waals surface area contributed by atoms with Crippen LogP contribution in [0.1, 0.15) is 30.3 Å². The normalized spacial score (nSPS) is 17.0. The predicted molar refractivity (Wildman–Crippen MR) is 93.8 cm³/mol. The van der Waals surface area contributed by atoms with Gasteiger partial charge in [-0.15, -0.1) is 0 Å². The van der Waals surface area contributed by atoms with Gasteiger partial charge in [-0.1, -0.05) is 28.9 Å². The zero-order chi connectivity index (χ0) is 16.3. The number of hydrogen-bond acceptors (Lipinski definition) is 3. The van der Waals surface area contributed by atoms with Crippen LogP contribution in [0.5, 0.6) is 0 Å². The van der Waals surface area contributed by atoms with E-state index in [2.05, 4.69) is 38.6 Å². The quantitative estimate of drug-likeness (QED) is 0.862. The van der Waals surface area contributed by atoms with E-state index in [1.54, 1.807) is 10.7 Å². The molecule has 2 heterocycles. The summed E-state index contributed by atoms with van der Waals surface area (Å²) in [6, 6.07) is 9.57. The summed E-state index contributed by atoms with van der Waals surface area (Å²) in [5.74, 6) is -0.112. The van der Waals surface area contributed by atoms with Crippen molar-refractivity contribution >= 4 is 21.8 Å². The van der Waals surface area contributed by atoms with Crippen LogP contribution in [0.25, 0.3) is 5.69 Å². The van der Waals surface area contributed by atoms with Gasteiger partial charge in [0.15, 0.2) is 5.69 Å². The number of carbonyl (C=O) groups excluding carboxylic acids is 1. The average molecular weight is 377 g/mol. The lowest BCUT2D eigenvalue weighted by atomic mass is 9.81. The first kappa shape index (κ1) is 16.2. The maximum absolute atomic E-state index is 12.3. The third-order valence-electron chi connectivity index (χ3n) is 4.38. The Morgan fingerprint density at radius 3 is 2.91 bits per heavy atom. The lowest BCUT2D eigenvalue weighted by Crippen LogP contribution is -2.43. The maximum atomic E-state index is 12.3. The second-order valence-corrected chi connectivity index (χ2v) is 7.28. The number of nitrogens with zero attached hydrogens (tertiary/aromatic N) is 2. The lowest BCUT2D eigenvalue weighted by Gasteiger charge is -2.34. The summed E-state index contributed by atoms with van der Waals surface area (Å²) in [7, 11) is 0. The molecule has 0 aliphatic carbocycles. The molecule has 122 valence electrons. The van der Waals surface area contributed by atoms with Crippen LogP contribution < -0.4 is 10.6 Å². The number of piperidine rings is 1. The van der Waals surface area contributed by atoms with Gasteiger partial charge >= 0.3 is 0 Å². The van der Waals surface area contributed by atoms with E-state index in [9.17, 15) is 4.79 Å². The molecule has 2 aromatic rings. The molecule has 1 fully saturated rings. The Balaban J connectivity index is 1.64. The van der Waals surface area contributed by atoms with E-state index in [1.807, 2.05) is 30.5 Å². The van der Waals surface area contributed by atoms with Crippen molar-refractivity contribution in [3.8, 4) is 5.69 Å². The Hall–Kier alpha value is -1.66. The van der Waals surface area contributed by atoms with E-state index in [0.717, 1.165) is 36.1 Å². The summed E-state index contributed by atoms with van der Waals surface area (Å²) in [4.78, 5) is 12.3. The number of hydrogen-bond donors (Lipinski definition) is 2. The molecule has 1 saturated heterocycles. The molecule has 0 spiro atoms. The summed E-state index contributed by atoms with van der Waals surface area (Å²) in [5.41, 5.74) is 1.54. The van der Waals surface area contributed by atoms with Crippen molar-refractivity contribution in [2.45, 2.75) is 19.8 Å². The summed E-state index contributed by atoms with van der Waals surface area (Å²) in [6.45, 7) is 4.96. The lowest BCUT2D eigenvalue weighted by molar-refractivity contribution is 0.0917. The minimum atomic E-state index is -0.112. The number of amides is 1. The molecule has 1 amide bonds. The van der Waals surface area contributed by atoms with E-state index >= 15 is 0 Å². The fourth-order valence-electron chi connectivity index (χ4n) is 2.80. The molecule has 0 atom stereocenters. The monoisotopic (exact) mass is 376 g/mol. The minimum Gasteiger partial charge on any atom is -0.350 e. The number of carbonyl (C=O) groups is 1. The topological polar surface area (TPSA) is 59.0 Å². The van der Waals surface area contributed by atoms with Crippen LogP contribution in [-0.2, 0) is 0 Å². The standard InChI is InChI=1S/C17H21BrN4O/c1-17(6-8-19-9-7-17)12-20-16(23)15-5-10-22(21-15)14-4-2-3-13(18)11-14/h2-5,10-11,19H,6-9,12H2,1H3,(H,20,23). The van der Waals surface area contributed by atoms with Crippen molar-refractivity contribution in [1.29, 1.82) is 0 Å². The highest BCUT2D eigenvalue weighted by molar-refractivity contribution is 9.10. The number of nitrogens with one attached hydrogen (secondary N) is 2. The van der Waals surface area contributed by atoms with Gasteiger partial charge in [-0.3, -0.25) is 4.79 Å². The van der Waals surface area contributed by atoms with E-state index in [4.69, 9.17) is 0 Å². The summed E-state index contributed by atoms with van der Waals surface area (Å²) in [6.07, 6.45) is 3.97. The van der Waals surface area contributed by atoms with Crippen molar-refractivity contribution in [2.24, 2.45) is 5.41 Å². The zero-order valence-electron chi connectivity index (χ0n) is 13.2. The van der Waals surface area contributed by atoms with Crippen LogP contribution >= 0.6 is 15.9 Å². The molecular formula is C17H21BrN4O. The van der Waals surface area contributed by atoms with E-state index in [-0.39, 0.29) is 11.3 Å². The fourth-order valence-corrected chi connectivity index (χ4v) is 3.19. The second-order valence-electron chi connectivity index (χ2n) is 6.37. The minimum absolute atomic E-state index is 0.112. The largest absolute Gasteiger partial charge is 0.350 e. The number of rotatable bonds is 4. The highest BCUT2D eigenvalue weighted by atomic mass is 79.9. The van der Waals surface area contributed by atoms with Crippen molar-refractivity contribution < 1.29 is 4.79 Å². The molecule has 1 aliphatic rings. The Morgan fingerprint density at radius 1 is 1.39 bits per heavy atom. The van der Waals surface area contributed by atoms with E-state index < -0.39 is 0 Å². The van der Waals surface area contributed by atoms with Crippen molar-refractivity contribution in [3.05, 3.63) is 46.7 Å². The molecule has 1 aliphatic heterocycles. The molecule has 0 unspecified atom stereocenters. The fraction of sp³-hybridized carbons (Fsp3) is 0.412. The van der Waals surface area contributed by atoms with Crippen molar-refractivity contribution in [3.63, 3.8) is 0 Å². The second kappa shape index (κ2) is 6.84. The van der Waals surface area contributed by atoms with Gasteiger partial charge in [0, 0.05) is 17.2 Å². The number of aromatic nitrogens is 2. The Morgan fingerprint density at radius 2 is 2.17 bits per heavy atom. The molecule has 3 rings (SSSR count). The van der Waals surface area contributed by atoms with Crippen LogP contribution in [0.15, 0.2) is 41.0 Å². The van der Waals surface area contributed by atoms with Gasteiger partial charge in [0.05, 0.1) is 5.69 Å². The molecule has 5 nitrogen and oxygen atoms in total. The van der Waals surface area contributed by atoms with Gasteiger partial charge in [-0.05, 0) is 55.6 Å². The first-order valence-electron chi connectivity index (χ1n) is 7.86. The maximum Gasteiger partial charge on any atom is 0.271 e. The molecule has 0 bridgehead atoms. The first-order valence-corrected chi connectivity index (χ1v) is 8.66. The van der Waals surface area contributed by atoms with Gasteiger partial charge in [0.2, 0.25) is 0 Å². The molecule has 1 aromatic carbocycles. The van der Waals surface area contributed by atoms with Gasteiger partial charge < -0.3 is 10.6 Å². The molecule has 0 radical (unpaired) electrons. The summed E-state index contributed by atoms with van der Waals surface area (Å²) in [5, 5.41) is 10.8. The highest BCUT2D eigenvalue weighted by Crippen LogP contribution is 2.26. The number of halogens is 1. The van der Waals surface area contributed by atoms with E-state index in [1.165, 1.54) is 0 Å². The third-order valence-corrected chi connectivity index (χ3v) is 4.87. The number of benzene rings is 1. The summed E-state index contributed by atoms with van der Waals surface area (Å²) >= 11 is 3.44. The van der Waals surface area contributed by atoms with E-state index in [0.29, 0.717) is 12.2 Å². The molecule has 2 N–H and O–H groups in total. The SMILES string of the molecule is CC1(CNC(=O)c2ccn(-c3cccc(Br)c3)n2)CCNCC1. The molecule has 1 aromatic heterocycles. The van der Waals surface area contributed by atoms with Crippen LogP contribution in [0.2, 0.25) is 0 Å². The zero-order valence-corrected chi connectivity index (χ0v) is 14.8. The Bertz CT molecular complexity index is 691. The van der Waals surface area contributed by atoms with Crippen LogP contribution in [-0.4, -0.2) is 35.3 Å². The molecular weight excluding hydrogens is 356 g/mol. The Kier molecular flexibility index (Phi) is 4.82. The van der Waals surface area contributed by atoms with Gasteiger partial charge in [-0.25, -0.2) is 4.68 Å². The summed E-state index contributed by atoms with van der Waals surface area (Å²) < 4.78 is 2.70. The molecule has 23 heavy (non-hydrogen) atoms. The van der Waals surface area contributed by atoms with Gasteiger partial charge in [-0.2, -0.15) is 5.10 Å². The van der Waals surface area contributed by atoms with Gasteiger partial charge in [0.1, 0.15) is 0 Å². The molecule has 0 saturated carbocycles. The Labute approximate surface area is 144 Å². The van der Waals surface area contributed by atoms with Crippen molar-refractivity contribution in [1.82, 2.24) is 20.4 Å². The van der Waals surface area contributed by atoms with Crippen LogP contribution in [0, 0.1) is 5.41 Å². The smallest absolute Gasteiger partial charge is 0.271 e. The van der Waals surface area contributed by atoms with Gasteiger partial charge in [0.25, 0.3) is 5.91 Å². The van der Waals surface area contributed by atoms with Crippen LogP contribution in [0.4, 0.5) is 0 Å². The van der Waals surface area contributed by atoms with Crippen LogP contribution in [0.3, 0.4) is 0 Å². The van der Waals surface area contributed by atoms with Crippen molar-refractivity contribution in [2.75, 3.05) is 19.6 Å².